The molecule has 0 saturated heterocycles. The zero-order valence-electron chi connectivity index (χ0n) is 5.04. The molecule has 0 radical (unpaired) electrons. The first-order valence-electron chi connectivity index (χ1n) is 2.57. The number of benzene rings is 1. The number of nitroso groups, excluding NO2 is 1. The molecule has 0 aliphatic rings. The molecule has 0 atom stereocenters. The number of nitrogens with one attached hydrogen (secondary N) is 1. The van der Waals surface area contributed by atoms with Crippen LogP contribution in [-0.2, 0) is 17.1 Å². The average Bonchev–Trinajstić information content (AvgIpc) is 1.91. The number of para-hydroxylation sites is 1. The Morgan fingerprint density at radius 1 is 1.20 bits per heavy atom. The molecule has 0 saturated carbocycles. The molecule has 1 rings (SSSR count). The van der Waals surface area contributed by atoms with Gasteiger partial charge in [-0.05, 0) is 12.1 Å². The van der Waals surface area contributed by atoms with Crippen molar-refractivity contribution in [3.63, 3.8) is 0 Å². The SMILES string of the molecule is O=NNc1ccccc1.[Cu+]. The van der Waals surface area contributed by atoms with Crippen LogP contribution < -0.4 is 5.43 Å². The molecule has 0 unspecified atom stereocenters. The van der Waals surface area contributed by atoms with Crippen LogP contribution in [0.15, 0.2) is 35.6 Å². The minimum atomic E-state index is 0. The molecule has 0 spiro atoms. The molecule has 0 aliphatic carbocycles. The normalized spacial score (nSPS) is 7.60. The minimum Gasteiger partial charge on any atom is -0.242 e. The predicted octanol–water partition coefficient (Wildman–Crippen LogP) is 1.78. The van der Waals surface area contributed by atoms with Crippen molar-refractivity contribution in [2.45, 2.75) is 0 Å². The standard InChI is InChI=1S/C6H6N2O.Cu/c9-8-7-6-4-2-1-3-5-6;/h1-5H,(H,7,9);/q;+1. The predicted molar refractivity (Wildman–Crippen MR) is 35.9 cm³/mol. The summed E-state index contributed by atoms with van der Waals surface area (Å²) in [4.78, 5) is 9.61. The van der Waals surface area contributed by atoms with Gasteiger partial charge in [-0.1, -0.05) is 18.2 Å². The van der Waals surface area contributed by atoms with Crippen LogP contribution in [0.5, 0.6) is 0 Å². The molecule has 10 heavy (non-hydrogen) atoms. The van der Waals surface area contributed by atoms with Gasteiger partial charge in [0.2, 0.25) is 0 Å². The van der Waals surface area contributed by atoms with Gasteiger partial charge in [-0.3, -0.25) is 0 Å². The third-order valence-corrected chi connectivity index (χ3v) is 0.949. The van der Waals surface area contributed by atoms with E-state index in [0.29, 0.717) is 5.69 Å². The van der Waals surface area contributed by atoms with E-state index in [1.165, 1.54) is 0 Å². The summed E-state index contributed by atoms with van der Waals surface area (Å²) in [6.45, 7) is 0. The maximum absolute atomic E-state index is 9.61. The zero-order chi connectivity index (χ0) is 6.53. The van der Waals surface area contributed by atoms with Crippen LogP contribution in [-0.4, -0.2) is 0 Å². The smallest absolute Gasteiger partial charge is 0.242 e. The van der Waals surface area contributed by atoms with Crippen LogP contribution >= 0.6 is 0 Å². The molecule has 4 heteroatoms. The fraction of sp³-hybridized carbons (Fsp3) is 0. The third kappa shape index (κ3) is 2.62. The Kier molecular flexibility index (Phi) is 4.54. The summed E-state index contributed by atoms with van der Waals surface area (Å²) < 4.78 is 0. The molecule has 0 aliphatic heterocycles. The molecule has 0 aromatic heterocycles. The van der Waals surface area contributed by atoms with E-state index < -0.39 is 0 Å². The Morgan fingerprint density at radius 3 is 2.30 bits per heavy atom. The van der Waals surface area contributed by atoms with E-state index in [1.54, 1.807) is 12.1 Å². The van der Waals surface area contributed by atoms with Crippen molar-refractivity contribution in [3.8, 4) is 0 Å². The van der Waals surface area contributed by atoms with Crippen molar-refractivity contribution in [2.75, 3.05) is 5.43 Å². The van der Waals surface area contributed by atoms with Gasteiger partial charge in [-0.15, -0.1) is 4.91 Å². The molecule has 1 N–H and O–H groups in total. The molecule has 3 nitrogen and oxygen atoms in total. The van der Waals surface area contributed by atoms with E-state index in [9.17, 15) is 4.91 Å². The van der Waals surface area contributed by atoms with Crippen LogP contribution in [0, 0.1) is 4.91 Å². The second-order valence-electron chi connectivity index (χ2n) is 1.57. The number of hydrogen-bond donors (Lipinski definition) is 1. The zero-order valence-corrected chi connectivity index (χ0v) is 5.99. The Bertz CT molecular complexity index is 190. The minimum absolute atomic E-state index is 0. The van der Waals surface area contributed by atoms with Crippen molar-refractivity contribution in [2.24, 2.45) is 5.29 Å². The maximum atomic E-state index is 9.61. The van der Waals surface area contributed by atoms with Crippen LogP contribution in [0.2, 0.25) is 0 Å². The van der Waals surface area contributed by atoms with Gasteiger partial charge in [0.15, 0.2) is 0 Å². The van der Waals surface area contributed by atoms with Crippen LogP contribution in [0.1, 0.15) is 0 Å². The summed E-state index contributed by atoms with van der Waals surface area (Å²) in [5, 5.41) is 2.51. The molecule has 0 bridgehead atoms. The van der Waals surface area contributed by atoms with Gasteiger partial charge in [-0.2, -0.15) is 0 Å². The summed E-state index contributed by atoms with van der Waals surface area (Å²) in [5.41, 5.74) is 2.99. The maximum Gasteiger partial charge on any atom is 1.00 e. The first-order valence-corrected chi connectivity index (χ1v) is 2.57. The van der Waals surface area contributed by atoms with Crippen LogP contribution in [0.3, 0.4) is 0 Å². The quantitative estimate of drug-likeness (QED) is 0.434. The molecule has 56 valence electrons. The molecule has 0 fully saturated rings. The molecular formula is C6H6CuN2O+. The second-order valence-corrected chi connectivity index (χ2v) is 1.57. The molecule has 1 aromatic carbocycles. The van der Waals surface area contributed by atoms with E-state index >= 15 is 0 Å². The van der Waals surface area contributed by atoms with E-state index in [2.05, 4.69) is 10.7 Å². The van der Waals surface area contributed by atoms with Crippen LogP contribution in [0.4, 0.5) is 5.69 Å². The van der Waals surface area contributed by atoms with E-state index in [0.717, 1.165) is 0 Å². The van der Waals surface area contributed by atoms with E-state index in [4.69, 9.17) is 0 Å². The van der Waals surface area contributed by atoms with Gasteiger partial charge in [0, 0.05) is 0 Å². The summed E-state index contributed by atoms with van der Waals surface area (Å²) in [7, 11) is 0. The summed E-state index contributed by atoms with van der Waals surface area (Å²) in [6, 6.07) is 9.06. The average molecular weight is 186 g/mol. The van der Waals surface area contributed by atoms with E-state index in [1.807, 2.05) is 18.2 Å². The Hall–Kier alpha value is -0.861. The number of anilines is 1. The van der Waals surface area contributed by atoms with Crippen molar-refractivity contribution in [1.82, 2.24) is 0 Å². The van der Waals surface area contributed by atoms with Crippen molar-refractivity contribution < 1.29 is 17.1 Å². The number of nitrogens with zero attached hydrogens (tertiary/aromatic N) is 1. The Balaban J connectivity index is 0.000000810. The van der Waals surface area contributed by atoms with Gasteiger partial charge in [-0.25, -0.2) is 5.43 Å². The fourth-order valence-corrected chi connectivity index (χ4v) is 0.565. The van der Waals surface area contributed by atoms with Gasteiger partial charge < -0.3 is 0 Å². The molecule has 0 amide bonds. The first kappa shape index (κ1) is 9.14. The topological polar surface area (TPSA) is 41.5 Å². The first-order chi connectivity index (χ1) is 4.43. The fourth-order valence-electron chi connectivity index (χ4n) is 0.565. The van der Waals surface area contributed by atoms with Gasteiger partial charge in [0.05, 0.1) is 11.0 Å². The van der Waals surface area contributed by atoms with Gasteiger partial charge in [0.1, 0.15) is 0 Å². The molecular weight excluding hydrogens is 180 g/mol. The van der Waals surface area contributed by atoms with Gasteiger partial charge >= 0.3 is 17.1 Å². The van der Waals surface area contributed by atoms with Crippen molar-refractivity contribution in [3.05, 3.63) is 35.2 Å². The van der Waals surface area contributed by atoms with Crippen LogP contribution in [0.25, 0.3) is 0 Å². The number of hydrogen-bond acceptors (Lipinski definition) is 2. The van der Waals surface area contributed by atoms with Crippen molar-refractivity contribution in [1.29, 1.82) is 0 Å². The Labute approximate surface area is 69.2 Å². The monoisotopic (exact) mass is 185 g/mol. The summed E-state index contributed by atoms with van der Waals surface area (Å²) >= 11 is 0. The summed E-state index contributed by atoms with van der Waals surface area (Å²) in [5.74, 6) is 0. The second kappa shape index (κ2) is 4.97. The molecule has 1 aromatic rings. The largest absolute Gasteiger partial charge is 1.00 e. The third-order valence-electron chi connectivity index (χ3n) is 0.949. The van der Waals surface area contributed by atoms with Gasteiger partial charge in [0.25, 0.3) is 0 Å². The summed E-state index contributed by atoms with van der Waals surface area (Å²) in [6.07, 6.45) is 0. The van der Waals surface area contributed by atoms with Crippen molar-refractivity contribution >= 4 is 5.69 Å². The molecule has 0 heterocycles. The Morgan fingerprint density at radius 2 is 1.80 bits per heavy atom. The number of rotatable bonds is 2. The van der Waals surface area contributed by atoms with E-state index in [-0.39, 0.29) is 17.1 Å².